The largest absolute Gasteiger partial charge is 0.450 e. The van der Waals surface area contributed by atoms with E-state index in [1.54, 1.807) is 4.90 Å². The Bertz CT molecular complexity index is 1370. The Morgan fingerprint density at radius 1 is 0.603 bits per heavy atom. The van der Waals surface area contributed by atoms with Gasteiger partial charge in [-0.2, -0.15) is 11.8 Å². The van der Waals surface area contributed by atoms with Gasteiger partial charge in [0, 0.05) is 112 Å². The van der Waals surface area contributed by atoms with E-state index in [0.717, 1.165) is 62.3 Å². The summed E-state index contributed by atoms with van der Waals surface area (Å²) in [4.78, 5) is 101. The quantitative estimate of drug-likeness (QED) is 0.209. The molecular weight excluding hydrogens is 841 g/mol. The maximum absolute atomic E-state index is 11.2. The van der Waals surface area contributed by atoms with Crippen LogP contribution in [0.3, 0.4) is 0 Å². The van der Waals surface area contributed by atoms with Crippen LogP contribution in [-0.2, 0) is 47.7 Å². The van der Waals surface area contributed by atoms with Gasteiger partial charge in [0.2, 0.25) is 23.6 Å². The van der Waals surface area contributed by atoms with Gasteiger partial charge in [-0.25, -0.2) is 9.59 Å². The molecular formula is C42H76N8O12S. The normalized spacial score (nSPS) is 22.5. The summed E-state index contributed by atoms with van der Waals surface area (Å²) in [6.45, 7) is 21.0. The molecule has 362 valence electrons. The number of esters is 2. The monoisotopic (exact) mass is 917 g/mol. The maximum Gasteiger partial charge on any atom is 0.409 e. The summed E-state index contributed by atoms with van der Waals surface area (Å²) in [6.07, 6.45) is 3.45. The predicted molar refractivity (Wildman–Crippen MR) is 238 cm³/mol. The lowest BCUT2D eigenvalue weighted by molar-refractivity contribution is -0.238. The molecule has 7 amide bonds. The third-order valence-electron chi connectivity index (χ3n) is 10.5. The van der Waals surface area contributed by atoms with E-state index in [1.807, 2.05) is 6.92 Å². The molecule has 0 aromatic carbocycles. The summed E-state index contributed by atoms with van der Waals surface area (Å²) in [5, 5.41) is 0. The van der Waals surface area contributed by atoms with Crippen LogP contribution in [0.2, 0.25) is 0 Å². The Hall–Kier alpha value is -3.89. The minimum Gasteiger partial charge on any atom is -0.450 e. The molecule has 7 heterocycles. The van der Waals surface area contributed by atoms with E-state index in [0.29, 0.717) is 19.4 Å². The van der Waals surface area contributed by atoms with Gasteiger partial charge in [0.25, 0.3) is 5.79 Å². The van der Waals surface area contributed by atoms with Crippen LogP contribution in [0.5, 0.6) is 0 Å². The first kappa shape index (κ1) is 57.1. The predicted octanol–water partition coefficient (Wildman–Crippen LogP) is 1.61. The number of ether oxygens (including phenoxy) is 4. The fourth-order valence-corrected chi connectivity index (χ4v) is 7.04. The lowest BCUT2D eigenvalue weighted by Crippen LogP contribution is -2.55. The van der Waals surface area contributed by atoms with Crippen LogP contribution in [0, 0.1) is 11.8 Å². The van der Waals surface area contributed by atoms with E-state index in [-0.39, 0.29) is 17.9 Å². The van der Waals surface area contributed by atoms with Crippen molar-refractivity contribution in [3.63, 3.8) is 0 Å². The van der Waals surface area contributed by atoms with Crippen LogP contribution < -0.4 is 0 Å². The molecule has 20 nitrogen and oxygen atoms in total. The van der Waals surface area contributed by atoms with Crippen molar-refractivity contribution in [2.45, 2.75) is 66.1 Å². The number of amides is 7. The van der Waals surface area contributed by atoms with Gasteiger partial charge in [0.15, 0.2) is 5.92 Å². The number of carbonyl (C=O) groups is 8. The van der Waals surface area contributed by atoms with E-state index in [4.69, 9.17) is 18.9 Å². The molecule has 21 heteroatoms. The SMILES string of the molecule is CC1C(=O)N(C)C(=O)N(C)C1=O.CC1C(=O)OC(C)(C)OC1=O.CCOC(=O)N1CCN(C)CC1.CN1C(=O)CCC1=O.CN1CCCC1.CN1CCOCC1.CN1CCSCC1. The molecule has 0 atom stereocenters. The van der Waals surface area contributed by atoms with Crippen LogP contribution in [0.4, 0.5) is 9.59 Å². The number of thioether (sulfide) groups is 1. The van der Waals surface area contributed by atoms with Gasteiger partial charge in [-0.15, -0.1) is 0 Å². The number of likely N-dealkylation sites (tertiary alicyclic amines) is 2. The van der Waals surface area contributed by atoms with Crippen molar-refractivity contribution < 1.29 is 57.3 Å². The van der Waals surface area contributed by atoms with E-state index in [1.165, 1.54) is 104 Å². The Morgan fingerprint density at radius 2 is 1.02 bits per heavy atom. The summed E-state index contributed by atoms with van der Waals surface area (Å²) in [6, 6.07) is -0.567. The second kappa shape index (κ2) is 29.5. The minimum atomic E-state index is -1.10. The van der Waals surface area contributed by atoms with Gasteiger partial charge >= 0.3 is 24.1 Å². The highest BCUT2D eigenvalue weighted by molar-refractivity contribution is 7.99. The number of imide groups is 3. The number of carbonyl (C=O) groups excluding carboxylic acids is 8. The number of nitrogens with zero attached hydrogens (tertiary/aromatic N) is 8. The smallest absolute Gasteiger partial charge is 0.409 e. The molecule has 0 spiro atoms. The highest BCUT2D eigenvalue weighted by Crippen LogP contribution is 2.22. The molecule has 7 aliphatic rings. The number of urea groups is 1. The molecule has 0 N–H and O–H groups in total. The molecule has 7 fully saturated rings. The van der Waals surface area contributed by atoms with Gasteiger partial charge < -0.3 is 43.4 Å². The van der Waals surface area contributed by atoms with Crippen molar-refractivity contribution in [2.24, 2.45) is 11.8 Å². The van der Waals surface area contributed by atoms with Crippen molar-refractivity contribution in [3.8, 4) is 0 Å². The number of piperazine rings is 1. The molecule has 7 saturated heterocycles. The second-order valence-electron chi connectivity index (χ2n) is 16.4. The zero-order valence-corrected chi connectivity index (χ0v) is 40.8. The van der Waals surface area contributed by atoms with Gasteiger partial charge in [-0.1, -0.05) is 0 Å². The number of hydrogen-bond acceptors (Lipinski definition) is 17. The van der Waals surface area contributed by atoms with E-state index in [2.05, 4.69) is 59.6 Å². The number of hydrogen-bond donors (Lipinski definition) is 0. The Labute approximate surface area is 379 Å². The molecule has 63 heavy (non-hydrogen) atoms. The molecule has 0 aromatic heterocycles. The molecule has 0 unspecified atom stereocenters. The Morgan fingerprint density at radius 3 is 1.33 bits per heavy atom. The minimum absolute atomic E-state index is 0.0602. The lowest BCUT2D eigenvalue weighted by Gasteiger charge is -2.31. The standard InChI is InChI=1S/C8H16N2O2.C7H10N2O3.C7H10O4.C5H7NO2.C5H11NO.C5H11NS.C5H11N/c1-3-12-8(11)10-6-4-9(2)5-7-10;1-4-5(10)8(2)7(12)9(3)6(4)11;1-4-5(8)10-7(2,3)11-6(4)9;1-6-4(7)2-3-5(6)8;2*1-6-2-4-7-5-3-6;1-6-4-2-3-5-6/h3-7H2,1-2H3;4H,1-3H3;4H,1-3H3;2-3H2,1H3;2*2-5H2,1H3;2-5H2,1H3. The van der Waals surface area contributed by atoms with E-state index in [9.17, 15) is 38.4 Å². The molecule has 7 rings (SSSR count). The molecule has 7 aliphatic heterocycles. The van der Waals surface area contributed by atoms with E-state index >= 15 is 0 Å². The van der Waals surface area contributed by atoms with Gasteiger partial charge in [-0.05, 0) is 74.9 Å². The Kier molecular flexibility index (Phi) is 26.8. The number of cyclic esters (lactones) is 2. The van der Waals surface area contributed by atoms with Crippen molar-refractivity contribution in [3.05, 3.63) is 0 Å². The molecule has 0 saturated carbocycles. The fraction of sp³-hybridized carbons (Fsp3) is 0.810. The van der Waals surface area contributed by atoms with Gasteiger partial charge in [-0.3, -0.25) is 43.5 Å². The van der Waals surface area contributed by atoms with Crippen LogP contribution in [0.15, 0.2) is 0 Å². The molecule has 0 bridgehead atoms. The van der Waals surface area contributed by atoms with Crippen LogP contribution in [0.1, 0.15) is 60.3 Å². The average molecular weight is 917 g/mol. The number of barbiturate groups is 1. The molecule has 0 aromatic rings. The summed E-state index contributed by atoms with van der Waals surface area (Å²) < 4.78 is 19.5. The first-order chi connectivity index (χ1) is 29.5. The topological polar surface area (TPSA) is 199 Å². The summed E-state index contributed by atoms with van der Waals surface area (Å²) in [5.74, 6) is -2.01. The zero-order chi connectivity index (χ0) is 47.9. The average Bonchev–Trinajstić information content (AvgIpc) is 3.85. The first-order valence-electron chi connectivity index (χ1n) is 21.7. The van der Waals surface area contributed by atoms with Crippen molar-refractivity contribution >= 4 is 59.5 Å². The van der Waals surface area contributed by atoms with Crippen LogP contribution in [0.25, 0.3) is 0 Å². The summed E-state index contributed by atoms with van der Waals surface area (Å²) in [5.41, 5.74) is 0. The van der Waals surface area contributed by atoms with Crippen molar-refractivity contribution in [1.29, 1.82) is 0 Å². The summed E-state index contributed by atoms with van der Waals surface area (Å²) >= 11 is 2.06. The highest BCUT2D eigenvalue weighted by atomic mass is 32.2. The van der Waals surface area contributed by atoms with Crippen molar-refractivity contribution in [2.75, 3.05) is 146 Å². The summed E-state index contributed by atoms with van der Waals surface area (Å²) in [7, 11) is 12.8. The second-order valence-corrected chi connectivity index (χ2v) is 17.7. The first-order valence-corrected chi connectivity index (χ1v) is 22.8. The number of rotatable bonds is 1. The lowest BCUT2D eigenvalue weighted by atomic mass is 10.1. The van der Waals surface area contributed by atoms with Gasteiger partial charge in [0.05, 0.1) is 19.8 Å². The highest BCUT2D eigenvalue weighted by Gasteiger charge is 2.41. The fourth-order valence-electron chi connectivity index (χ4n) is 5.96. The zero-order valence-electron chi connectivity index (χ0n) is 40.0. The molecule has 0 aliphatic carbocycles. The third kappa shape index (κ3) is 22.0. The van der Waals surface area contributed by atoms with Crippen LogP contribution >= 0.6 is 11.8 Å². The third-order valence-corrected chi connectivity index (χ3v) is 11.4. The van der Waals surface area contributed by atoms with Crippen molar-refractivity contribution in [1.82, 2.24) is 39.2 Å². The Balaban J connectivity index is 0.000000373. The van der Waals surface area contributed by atoms with E-state index < -0.39 is 47.4 Å². The number of likely N-dealkylation sites (N-methyl/N-ethyl adjacent to an activating group) is 2. The maximum atomic E-state index is 11.2. The number of morpholine rings is 1. The van der Waals surface area contributed by atoms with Crippen LogP contribution in [-0.4, -0.2) is 239 Å². The molecule has 0 radical (unpaired) electrons. The van der Waals surface area contributed by atoms with Gasteiger partial charge in [0.1, 0.15) is 5.92 Å².